The second kappa shape index (κ2) is 11.8. The average molecular weight is 295 g/mol. The van der Waals surface area contributed by atoms with E-state index in [1.165, 1.54) is 25.7 Å². The van der Waals surface area contributed by atoms with Crippen molar-refractivity contribution in [2.24, 2.45) is 0 Å². The first-order chi connectivity index (χ1) is 5.31. The predicted molar refractivity (Wildman–Crippen MR) is 61.5 cm³/mol. The van der Waals surface area contributed by atoms with Gasteiger partial charge in [-0.25, -0.2) is 0 Å². The summed E-state index contributed by atoms with van der Waals surface area (Å²) in [7, 11) is 0. The molecule has 0 aromatic rings. The molecule has 0 heterocycles. The van der Waals surface area contributed by atoms with Crippen molar-refractivity contribution in [1.82, 2.24) is 0 Å². The van der Waals surface area contributed by atoms with Gasteiger partial charge in [0.05, 0.1) is 0 Å². The summed E-state index contributed by atoms with van der Waals surface area (Å²) in [5.41, 5.74) is 0. The molecule has 0 spiro atoms. The second-order valence-electron chi connectivity index (χ2n) is 2.90. The summed E-state index contributed by atoms with van der Waals surface area (Å²) in [6, 6.07) is 0. The molecule has 0 aliphatic carbocycles. The Morgan fingerprint density at radius 1 is 1.17 bits per heavy atom. The third-order valence-electron chi connectivity index (χ3n) is 1.69. The van der Waals surface area contributed by atoms with Gasteiger partial charge in [-0.15, -0.1) is 0 Å². The van der Waals surface area contributed by atoms with Crippen LogP contribution in [0.1, 0.15) is 52.4 Å². The molecule has 0 saturated carbocycles. The van der Waals surface area contributed by atoms with Crippen LogP contribution in [-0.4, -0.2) is 23.9 Å². The molecule has 0 amide bonds. The first-order valence-corrected chi connectivity index (χ1v) is 5.03. The van der Waals surface area contributed by atoms with Gasteiger partial charge < -0.3 is 0 Å². The summed E-state index contributed by atoms with van der Waals surface area (Å²) >= 11 is 5.96. The molecule has 0 fully saturated rings. The van der Waals surface area contributed by atoms with Crippen LogP contribution in [0.5, 0.6) is 0 Å². The molecule has 12 heavy (non-hydrogen) atoms. The van der Waals surface area contributed by atoms with E-state index in [4.69, 9.17) is 11.6 Å². The van der Waals surface area contributed by atoms with Crippen molar-refractivity contribution in [1.29, 1.82) is 0 Å². The van der Waals surface area contributed by atoms with Crippen LogP contribution < -0.4 is 0 Å². The van der Waals surface area contributed by atoms with Gasteiger partial charge >= 0.3 is 23.9 Å². The van der Waals surface area contributed by atoms with Crippen LogP contribution in [0.25, 0.3) is 0 Å². The van der Waals surface area contributed by atoms with E-state index < -0.39 is 0 Å². The summed E-state index contributed by atoms with van der Waals surface area (Å²) in [5, 5.41) is 1.06. The molecule has 0 aliphatic rings. The fraction of sp³-hybridized carbons (Fsp3) is 0.800. The number of halogens is 1. The Labute approximate surface area is 98.7 Å². The first kappa shape index (κ1) is 15.3. The van der Waals surface area contributed by atoms with Crippen molar-refractivity contribution < 1.29 is 0 Å². The maximum absolute atomic E-state index is 5.96. The number of hydrogen-bond acceptors (Lipinski definition) is 0. The van der Waals surface area contributed by atoms with Crippen LogP contribution in [0.3, 0.4) is 0 Å². The van der Waals surface area contributed by atoms with Crippen molar-refractivity contribution in [2.75, 3.05) is 0 Å². The van der Waals surface area contributed by atoms with E-state index in [1.54, 1.807) is 0 Å². The fourth-order valence-electron chi connectivity index (χ4n) is 0.911. The normalized spacial score (nSPS) is 11.1. The van der Waals surface area contributed by atoms with Gasteiger partial charge in [-0.1, -0.05) is 50.8 Å². The molecule has 0 N–H and O–H groups in total. The van der Waals surface area contributed by atoms with Crippen molar-refractivity contribution in [3.05, 3.63) is 11.1 Å². The number of hydrogen-bond donors (Lipinski definition) is 0. The van der Waals surface area contributed by atoms with E-state index in [2.05, 4.69) is 19.9 Å². The molecule has 0 unspecified atom stereocenters. The Balaban J connectivity index is 0. The summed E-state index contributed by atoms with van der Waals surface area (Å²) < 4.78 is 0. The average Bonchev–Trinajstić information content (AvgIpc) is 2.01. The summed E-state index contributed by atoms with van der Waals surface area (Å²) in [6.07, 6.45) is 9.37. The van der Waals surface area contributed by atoms with Gasteiger partial charge in [-0.05, 0) is 19.3 Å². The first-order valence-electron chi connectivity index (χ1n) is 4.65. The second-order valence-corrected chi connectivity index (χ2v) is 3.38. The predicted octanol–water partition coefficient (Wildman–Crippen LogP) is 3.57. The summed E-state index contributed by atoms with van der Waals surface area (Å²) in [4.78, 5) is 0. The van der Waals surface area contributed by atoms with E-state index in [0.29, 0.717) is 0 Å². The van der Waals surface area contributed by atoms with E-state index in [-0.39, 0.29) is 23.9 Å². The van der Waals surface area contributed by atoms with E-state index >= 15 is 0 Å². The number of rotatable bonds is 6. The molecule has 0 aliphatic heterocycles. The van der Waals surface area contributed by atoms with Gasteiger partial charge in [0.1, 0.15) is 0 Å². The van der Waals surface area contributed by atoms with Crippen LogP contribution in [0.4, 0.5) is 0 Å². The van der Waals surface area contributed by atoms with E-state index in [1.807, 2.05) is 0 Å². The summed E-state index contributed by atoms with van der Waals surface area (Å²) in [6.45, 7) is 4.39. The number of allylic oxidation sites excluding steroid dienone is 2. The Hall–Kier alpha value is 0.829. The zero-order valence-corrected chi connectivity index (χ0v) is 13.2. The molecule has 0 atom stereocenters. The third kappa shape index (κ3) is 10.8. The van der Waals surface area contributed by atoms with Gasteiger partial charge in [0.15, 0.2) is 0 Å². The van der Waals surface area contributed by atoms with Crippen molar-refractivity contribution in [2.45, 2.75) is 52.4 Å². The van der Waals surface area contributed by atoms with Gasteiger partial charge in [-0.2, -0.15) is 0 Å². The Morgan fingerprint density at radius 3 is 2.25 bits per heavy atom. The zero-order valence-electron chi connectivity index (χ0n) is 8.41. The molecule has 72 valence electrons. The number of unbranched alkanes of at least 4 members (excludes halogenated alkanes) is 3. The standard InChI is InChI=1S/C10H19Cl.Sn.2H/c1-3-5-7-9-10(11)8-6-4-2;;;/h9H,3-8H2,1-2H3;;;/b10-9-;;;. The molecule has 2 radical (unpaired) electrons. The Kier molecular flexibility index (Phi) is 15.1. The van der Waals surface area contributed by atoms with Gasteiger partial charge in [0.2, 0.25) is 0 Å². The Bertz CT molecular complexity index is 110. The van der Waals surface area contributed by atoms with E-state index in [9.17, 15) is 0 Å². The molecular formula is C10H21ClSn. The van der Waals surface area contributed by atoms with E-state index in [0.717, 1.165) is 17.9 Å². The van der Waals surface area contributed by atoms with Crippen LogP contribution in [0.15, 0.2) is 11.1 Å². The summed E-state index contributed by atoms with van der Waals surface area (Å²) in [5.74, 6) is 0. The molecule has 0 rings (SSSR count). The quantitative estimate of drug-likeness (QED) is 0.519. The van der Waals surface area contributed by atoms with Crippen LogP contribution in [0.2, 0.25) is 0 Å². The molecule has 0 aromatic carbocycles. The minimum absolute atomic E-state index is 0. The topological polar surface area (TPSA) is 0 Å². The SMILES string of the molecule is CCCC/C=C(\Cl)CCCC.[SnH2]. The molecule has 0 aromatic heterocycles. The Morgan fingerprint density at radius 2 is 1.75 bits per heavy atom. The maximum atomic E-state index is 5.96. The monoisotopic (exact) mass is 296 g/mol. The molecule has 0 saturated heterocycles. The van der Waals surface area contributed by atoms with Gasteiger partial charge in [-0.3, -0.25) is 0 Å². The molecule has 0 nitrogen and oxygen atoms in total. The molecule has 2 heteroatoms. The van der Waals surface area contributed by atoms with Crippen LogP contribution in [-0.2, 0) is 0 Å². The van der Waals surface area contributed by atoms with Crippen molar-refractivity contribution in [3.63, 3.8) is 0 Å². The van der Waals surface area contributed by atoms with Crippen molar-refractivity contribution >= 4 is 35.5 Å². The molecule has 0 bridgehead atoms. The third-order valence-corrected chi connectivity index (χ3v) is 2.04. The zero-order chi connectivity index (χ0) is 8.53. The van der Waals surface area contributed by atoms with Gasteiger partial charge in [0, 0.05) is 5.03 Å². The van der Waals surface area contributed by atoms with Gasteiger partial charge in [0.25, 0.3) is 0 Å². The van der Waals surface area contributed by atoms with Crippen LogP contribution >= 0.6 is 11.6 Å². The van der Waals surface area contributed by atoms with Crippen molar-refractivity contribution in [3.8, 4) is 0 Å². The van der Waals surface area contributed by atoms with Crippen LogP contribution in [0, 0.1) is 0 Å². The fourth-order valence-corrected chi connectivity index (χ4v) is 1.15. The minimum atomic E-state index is 0. The molecular weight excluding hydrogens is 274 g/mol.